The van der Waals surface area contributed by atoms with Gasteiger partial charge in [-0.15, -0.1) is 0 Å². The fourth-order valence-corrected chi connectivity index (χ4v) is 4.31. The minimum atomic E-state index is -5.08. The molecule has 0 spiro atoms. The van der Waals surface area contributed by atoms with Crippen molar-refractivity contribution < 1.29 is 36.2 Å². The molecule has 1 aliphatic heterocycles. The minimum absolute atomic E-state index is 0.0201. The smallest absolute Gasteiger partial charge is 0.419 e. The second-order valence-electron chi connectivity index (χ2n) is 7.67. The molecule has 0 aliphatic carbocycles. The molecule has 2 aromatic heterocycles. The van der Waals surface area contributed by atoms with E-state index in [1.165, 1.54) is 20.3 Å². The van der Waals surface area contributed by atoms with Crippen molar-refractivity contribution in [2.24, 2.45) is 0 Å². The van der Waals surface area contributed by atoms with Gasteiger partial charge in [-0.3, -0.25) is 0 Å². The summed E-state index contributed by atoms with van der Waals surface area (Å²) >= 11 is 0. The predicted octanol–water partition coefficient (Wildman–Crippen LogP) is 4.84. The molecule has 34 heavy (non-hydrogen) atoms. The second kappa shape index (κ2) is 8.85. The highest BCUT2D eigenvalue weighted by Crippen LogP contribution is 2.45. The van der Waals surface area contributed by atoms with Crippen LogP contribution in [0.4, 0.5) is 33.6 Å². The molecule has 0 saturated carbocycles. The number of fused-ring (bicyclic) bond motifs is 3. The van der Waals surface area contributed by atoms with Gasteiger partial charge in [0.15, 0.2) is 6.10 Å². The number of halogens is 5. The average Bonchev–Trinajstić information content (AvgIpc) is 3.16. The zero-order valence-corrected chi connectivity index (χ0v) is 18.8. The van der Waals surface area contributed by atoms with E-state index in [1.54, 1.807) is 23.3 Å². The summed E-state index contributed by atoms with van der Waals surface area (Å²) in [6, 6.07) is 2.54. The quantitative estimate of drug-likeness (QED) is 0.461. The van der Waals surface area contributed by atoms with Crippen molar-refractivity contribution in [3.8, 4) is 11.8 Å². The molecule has 184 valence electrons. The zero-order chi connectivity index (χ0) is 24.8. The molecule has 1 aromatic carbocycles. The number of nitrogens with zero attached hydrogens (tertiary/aromatic N) is 5. The van der Waals surface area contributed by atoms with Gasteiger partial charge in [-0.1, -0.05) is 6.07 Å². The first kappa shape index (κ1) is 23.9. The Morgan fingerprint density at radius 1 is 0.971 bits per heavy atom. The topological polar surface area (TPSA) is 74.5 Å². The predicted molar refractivity (Wildman–Crippen MR) is 112 cm³/mol. The molecule has 0 fully saturated rings. The summed E-state index contributed by atoms with van der Waals surface area (Å²) in [5.41, 5.74) is 1.47. The summed E-state index contributed by atoms with van der Waals surface area (Å²) in [4.78, 5) is 15.0. The van der Waals surface area contributed by atoms with Crippen molar-refractivity contribution in [1.29, 1.82) is 0 Å². The van der Waals surface area contributed by atoms with Crippen LogP contribution in [0, 0.1) is 13.8 Å². The van der Waals surface area contributed by atoms with E-state index in [4.69, 9.17) is 9.47 Å². The maximum Gasteiger partial charge on any atom is 0.419 e. The summed E-state index contributed by atoms with van der Waals surface area (Å²) < 4.78 is 83.2. The van der Waals surface area contributed by atoms with E-state index in [9.17, 15) is 22.0 Å². The van der Waals surface area contributed by atoms with E-state index in [0.29, 0.717) is 42.5 Å². The van der Waals surface area contributed by atoms with Crippen LogP contribution in [0.3, 0.4) is 0 Å². The van der Waals surface area contributed by atoms with Crippen molar-refractivity contribution in [3.63, 3.8) is 0 Å². The lowest BCUT2D eigenvalue weighted by molar-refractivity contribution is -0.276. The molecule has 3 aromatic rings. The lowest BCUT2D eigenvalue weighted by atomic mass is 10.1. The van der Waals surface area contributed by atoms with Gasteiger partial charge >= 0.3 is 18.8 Å². The summed E-state index contributed by atoms with van der Waals surface area (Å²) in [6.07, 6.45) is -7.37. The SMILES string of the molecule is COc1nc(C)c(N2CCCn3c2nc2c(OC)ccc(C(OC(F)F)C(F)(F)F)c23)c(C)n1. The molecule has 0 bridgehead atoms. The highest BCUT2D eigenvalue weighted by Gasteiger charge is 2.45. The van der Waals surface area contributed by atoms with Gasteiger partial charge in [0.2, 0.25) is 5.95 Å². The molecular weight excluding hydrogens is 465 g/mol. The number of hydrogen-bond acceptors (Lipinski definition) is 7. The normalized spacial score (nSPS) is 15.1. The molecule has 0 radical (unpaired) electrons. The molecule has 1 unspecified atom stereocenters. The number of benzene rings is 1. The van der Waals surface area contributed by atoms with Crippen molar-refractivity contribution in [2.45, 2.75) is 45.7 Å². The number of alkyl halides is 5. The van der Waals surface area contributed by atoms with E-state index >= 15 is 0 Å². The van der Waals surface area contributed by atoms with Gasteiger partial charge in [0.1, 0.15) is 11.3 Å². The molecule has 8 nitrogen and oxygen atoms in total. The minimum Gasteiger partial charge on any atom is -0.494 e. The Hall–Kier alpha value is -3.22. The van der Waals surface area contributed by atoms with Gasteiger partial charge in [-0.05, 0) is 26.3 Å². The van der Waals surface area contributed by atoms with Crippen LogP contribution >= 0.6 is 0 Å². The Morgan fingerprint density at radius 3 is 2.21 bits per heavy atom. The summed E-state index contributed by atoms with van der Waals surface area (Å²) in [5.74, 6) is 0.530. The first-order valence-corrected chi connectivity index (χ1v) is 10.3. The highest BCUT2D eigenvalue weighted by atomic mass is 19.4. The monoisotopic (exact) mass is 487 g/mol. The summed E-state index contributed by atoms with van der Waals surface area (Å²) in [5, 5.41) is 0. The van der Waals surface area contributed by atoms with Crippen LogP contribution in [0.25, 0.3) is 11.0 Å². The summed E-state index contributed by atoms with van der Waals surface area (Å²) in [7, 11) is 2.80. The third-order valence-corrected chi connectivity index (χ3v) is 5.58. The van der Waals surface area contributed by atoms with Crippen LogP contribution in [-0.2, 0) is 11.3 Å². The number of anilines is 2. The van der Waals surface area contributed by atoms with Crippen molar-refractivity contribution >= 4 is 22.7 Å². The molecule has 0 saturated heterocycles. The van der Waals surface area contributed by atoms with E-state index in [2.05, 4.69) is 19.7 Å². The van der Waals surface area contributed by atoms with Crippen LogP contribution in [0.2, 0.25) is 0 Å². The van der Waals surface area contributed by atoms with Crippen LogP contribution in [0.1, 0.15) is 29.5 Å². The number of hydrogen-bond donors (Lipinski definition) is 0. The first-order valence-electron chi connectivity index (χ1n) is 10.3. The van der Waals surface area contributed by atoms with E-state index in [-0.39, 0.29) is 22.8 Å². The number of aryl methyl sites for hydroxylation is 3. The molecule has 1 atom stereocenters. The molecule has 3 heterocycles. The molecule has 4 rings (SSSR count). The van der Waals surface area contributed by atoms with Crippen molar-refractivity contribution in [3.05, 3.63) is 29.1 Å². The third kappa shape index (κ3) is 4.08. The lowest BCUT2D eigenvalue weighted by Crippen LogP contribution is -2.30. The summed E-state index contributed by atoms with van der Waals surface area (Å²) in [6.45, 7) is 0.712. The molecule has 13 heteroatoms. The number of aromatic nitrogens is 4. The second-order valence-corrected chi connectivity index (χ2v) is 7.67. The Balaban J connectivity index is 1.97. The Labute approximate surface area is 191 Å². The van der Waals surface area contributed by atoms with Crippen molar-refractivity contribution in [2.75, 3.05) is 25.7 Å². The number of imidazole rings is 1. The third-order valence-electron chi connectivity index (χ3n) is 5.58. The number of methoxy groups -OCH3 is 2. The fourth-order valence-electron chi connectivity index (χ4n) is 4.31. The van der Waals surface area contributed by atoms with Gasteiger partial charge < -0.3 is 23.7 Å². The van der Waals surface area contributed by atoms with Crippen LogP contribution in [0.5, 0.6) is 11.8 Å². The largest absolute Gasteiger partial charge is 0.494 e. The average molecular weight is 487 g/mol. The van der Waals surface area contributed by atoms with E-state index in [0.717, 1.165) is 6.07 Å². The molecule has 0 amide bonds. The van der Waals surface area contributed by atoms with Gasteiger partial charge in [-0.25, -0.2) is 4.98 Å². The fraction of sp³-hybridized carbons (Fsp3) is 0.476. The highest BCUT2D eigenvalue weighted by molar-refractivity contribution is 5.89. The molecule has 1 aliphatic rings. The number of ether oxygens (including phenoxy) is 3. The van der Waals surface area contributed by atoms with E-state index < -0.39 is 24.5 Å². The Bertz CT molecular complexity index is 1190. The van der Waals surface area contributed by atoms with Gasteiger partial charge in [-0.2, -0.15) is 31.9 Å². The zero-order valence-electron chi connectivity index (χ0n) is 18.8. The first-order chi connectivity index (χ1) is 16.1. The lowest BCUT2D eigenvalue weighted by Gasteiger charge is -2.31. The van der Waals surface area contributed by atoms with Gasteiger partial charge in [0.05, 0.1) is 36.8 Å². The van der Waals surface area contributed by atoms with Crippen LogP contribution < -0.4 is 14.4 Å². The maximum absolute atomic E-state index is 13.8. The Kier molecular flexibility index (Phi) is 6.23. The molecular formula is C21H22F5N5O3. The maximum atomic E-state index is 13.8. The van der Waals surface area contributed by atoms with Gasteiger partial charge in [0.25, 0.3) is 0 Å². The molecule has 0 N–H and O–H groups in total. The van der Waals surface area contributed by atoms with Crippen LogP contribution in [-0.4, -0.2) is 53.1 Å². The van der Waals surface area contributed by atoms with Gasteiger partial charge in [0, 0.05) is 18.7 Å². The van der Waals surface area contributed by atoms with E-state index in [1.807, 2.05) is 0 Å². The van der Waals surface area contributed by atoms with Crippen LogP contribution in [0.15, 0.2) is 12.1 Å². The number of rotatable bonds is 6. The standard InChI is InChI=1S/C21H22F5N5O3/c1-10-15(11(2)28-19(27-10)33-4)30-8-5-9-31-16-12(17(21(24,25)26)34-18(22)23)6-7-13(32-3)14(16)29-20(30)31/h6-7,17-18H,5,8-9H2,1-4H3. The Morgan fingerprint density at radius 2 is 1.65 bits per heavy atom. The van der Waals surface area contributed by atoms with Crippen molar-refractivity contribution in [1.82, 2.24) is 19.5 Å².